The molecule has 6 heteroatoms. The van der Waals surface area contributed by atoms with Crippen molar-refractivity contribution in [3.05, 3.63) is 28.8 Å². The summed E-state index contributed by atoms with van der Waals surface area (Å²) >= 11 is 5.99. The SMILES string of the molecule is CCCOc1ccc(Cl)cc1C(=O)NC1CCC(C(=O)O)CC1. The molecule has 0 aliphatic heterocycles. The zero-order chi connectivity index (χ0) is 16.8. The number of hydrogen-bond acceptors (Lipinski definition) is 3. The second-order valence-corrected chi connectivity index (χ2v) is 6.29. The van der Waals surface area contributed by atoms with Crippen LogP contribution in [0.1, 0.15) is 49.4 Å². The molecule has 0 aromatic heterocycles. The fourth-order valence-corrected chi connectivity index (χ4v) is 2.94. The Morgan fingerprint density at radius 1 is 1.30 bits per heavy atom. The van der Waals surface area contributed by atoms with Gasteiger partial charge in [0.2, 0.25) is 0 Å². The maximum atomic E-state index is 12.5. The van der Waals surface area contributed by atoms with E-state index in [1.165, 1.54) is 0 Å². The molecule has 1 saturated carbocycles. The summed E-state index contributed by atoms with van der Waals surface area (Å²) in [5.74, 6) is -0.747. The molecule has 1 aliphatic carbocycles. The predicted octanol–water partition coefficient (Wildman–Crippen LogP) is 3.50. The zero-order valence-corrected chi connectivity index (χ0v) is 13.9. The van der Waals surface area contributed by atoms with Crippen molar-refractivity contribution in [1.82, 2.24) is 5.32 Å². The smallest absolute Gasteiger partial charge is 0.306 e. The van der Waals surface area contributed by atoms with Crippen molar-refractivity contribution in [3.63, 3.8) is 0 Å². The van der Waals surface area contributed by atoms with E-state index in [9.17, 15) is 9.59 Å². The first kappa shape index (κ1) is 17.6. The molecule has 0 atom stereocenters. The van der Waals surface area contributed by atoms with Gasteiger partial charge in [0.1, 0.15) is 5.75 Å². The Balaban J connectivity index is 2.00. The molecule has 1 amide bonds. The number of carbonyl (C=O) groups excluding carboxylic acids is 1. The van der Waals surface area contributed by atoms with Crippen molar-refractivity contribution in [2.75, 3.05) is 6.61 Å². The lowest BCUT2D eigenvalue weighted by molar-refractivity contribution is -0.142. The van der Waals surface area contributed by atoms with Crippen LogP contribution in [0.5, 0.6) is 5.75 Å². The molecule has 0 spiro atoms. The van der Waals surface area contributed by atoms with Gasteiger partial charge in [0.05, 0.1) is 18.1 Å². The first-order valence-corrected chi connectivity index (χ1v) is 8.35. The van der Waals surface area contributed by atoms with E-state index in [1.807, 2.05) is 6.92 Å². The fourth-order valence-electron chi connectivity index (χ4n) is 2.77. The first-order valence-electron chi connectivity index (χ1n) is 7.97. The van der Waals surface area contributed by atoms with Crippen LogP contribution in [0.25, 0.3) is 0 Å². The van der Waals surface area contributed by atoms with Gasteiger partial charge >= 0.3 is 5.97 Å². The highest BCUT2D eigenvalue weighted by Crippen LogP contribution is 2.27. The minimum atomic E-state index is -0.750. The van der Waals surface area contributed by atoms with E-state index in [0.717, 1.165) is 6.42 Å². The normalized spacial score (nSPS) is 20.8. The summed E-state index contributed by atoms with van der Waals surface area (Å²) in [5, 5.41) is 12.5. The zero-order valence-electron chi connectivity index (χ0n) is 13.2. The molecular weight excluding hydrogens is 318 g/mol. The molecule has 1 aromatic rings. The third-order valence-corrected chi connectivity index (χ3v) is 4.29. The molecule has 126 valence electrons. The average molecular weight is 340 g/mol. The van der Waals surface area contributed by atoms with Gasteiger partial charge in [-0.2, -0.15) is 0 Å². The molecule has 23 heavy (non-hydrogen) atoms. The Morgan fingerprint density at radius 2 is 2.00 bits per heavy atom. The number of amides is 1. The Hall–Kier alpha value is -1.75. The van der Waals surface area contributed by atoms with Gasteiger partial charge in [-0.05, 0) is 50.3 Å². The van der Waals surface area contributed by atoms with E-state index >= 15 is 0 Å². The first-order chi connectivity index (χ1) is 11.0. The van der Waals surface area contributed by atoms with Crippen LogP contribution in [0.15, 0.2) is 18.2 Å². The molecule has 5 nitrogen and oxygen atoms in total. The number of carboxylic acid groups (broad SMARTS) is 1. The maximum absolute atomic E-state index is 12.5. The number of benzene rings is 1. The van der Waals surface area contributed by atoms with Crippen molar-refractivity contribution in [3.8, 4) is 5.75 Å². The number of ether oxygens (including phenoxy) is 1. The van der Waals surface area contributed by atoms with Crippen molar-refractivity contribution in [1.29, 1.82) is 0 Å². The van der Waals surface area contributed by atoms with Gasteiger partial charge in [0.25, 0.3) is 5.91 Å². The Labute approximate surface area is 141 Å². The third kappa shape index (κ3) is 4.86. The number of nitrogens with one attached hydrogen (secondary N) is 1. The highest BCUT2D eigenvalue weighted by atomic mass is 35.5. The largest absolute Gasteiger partial charge is 0.493 e. The number of halogens is 1. The standard InChI is InChI=1S/C17H22ClNO4/c1-2-9-23-15-8-5-12(18)10-14(15)16(20)19-13-6-3-11(4-7-13)17(21)22/h5,8,10-11,13H,2-4,6-7,9H2,1H3,(H,19,20)(H,21,22). The quantitative estimate of drug-likeness (QED) is 0.831. The number of hydrogen-bond donors (Lipinski definition) is 2. The highest BCUT2D eigenvalue weighted by Gasteiger charge is 2.27. The van der Waals surface area contributed by atoms with E-state index in [-0.39, 0.29) is 17.9 Å². The van der Waals surface area contributed by atoms with Gasteiger partial charge in [0.15, 0.2) is 0 Å². The number of rotatable bonds is 6. The lowest BCUT2D eigenvalue weighted by Gasteiger charge is -2.27. The van der Waals surface area contributed by atoms with Gasteiger partial charge in [-0.25, -0.2) is 0 Å². The van der Waals surface area contributed by atoms with Gasteiger partial charge in [-0.3, -0.25) is 9.59 Å². The van der Waals surface area contributed by atoms with E-state index in [2.05, 4.69) is 5.32 Å². The van der Waals surface area contributed by atoms with Crippen molar-refractivity contribution in [2.24, 2.45) is 5.92 Å². The van der Waals surface area contributed by atoms with Gasteiger partial charge in [-0.1, -0.05) is 18.5 Å². The molecule has 2 N–H and O–H groups in total. The Kier molecular flexibility index (Phi) is 6.28. The molecule has 1 fully saturated rings. The summed E-state index contributed by atoms with van der Waals surface area (Å²) in [4.78, 5) is 23.5. The molecular formula is C17H22ClNO4. The van der Waals surface area contributed by atoms with Crippen LogP contribution >= 0.6 is 11.6 Å². The molecule has 1 aliphatic rings. The Bertz CT molecular complexity index is 568. The minimum absolute atomic E-state index is 0.00360. The molecule has 0 bridgehead atoms. The van der Waals surface area contributed by atoms with E-state index < -0.39 is 5.97 Å². The summed E-state index contributed by atoms with van der Waals surface area (Å²) < 4.78 is 5.60. The van der Waals surface area contributed by atoms with Crippen LogP contribution < -0.4 is 10.1 Å². The minimum Gasteiger partial charge on any atom is -0.493 e. The summed E-state index contributed by atoms with van der Waals surface area (Å²) in [5.41, 5.74) is 0.423. The molecule has 0 saturated heterocycles. The maximum Gasteiger partial charge on any atom is 0.306 e. The number of aliphatic carboxylic acids is 1. The number of carbonyl (C=O) groups is 2. The average Bonchev–Trinajstić information content (AvgIpc) is 2.54. The summed E-state index contributed by atoms with van der Waals surface area (Å²) in [6.07, 6.45) is 3.38. The van der Waals surface area contributed by atoms with Gasteiger partial charge < -0.3 is 15.2 Å². The molecule has 1 aromatic carbocycles. The van der Waals surface area contributed by atoms with Crippen LogP contribution in [-0.4, -0.2) is 29.6 Å². The van der Waals surface area contributed by atoms with Crippen molar-refractivity contribution >= 4 is 23.5 Å². The van der Waals surface area contributed by atoms with Crippen molar-refractivity contribution < 1.29 is 19.4 Å². The van der Waals surface area contributed by atoms with E-state index in [4.69, 9.17) is 21.4 Å². The highest BCUT2D eigenvalue weighted by molar-refractivity contribution is 6.31. The Morgan fingerprint density at radius 3 is 2.61 bits per heavy atom. The van der Waals surface area contributed by atoms with Crippen LogP contribution in [0.2, 0.25) is 5.02 Å². The van der Waals surface area contributed by atoms with Gasteiger partial charge in [-0.15, -0.1) is 0 Å². The monoisotopic (exact) mass is 339 g/mol. The van der Waals surface area contributed by atoms with Gasteiger partial charge in [0, 0.05) is 11.1 Å². The number of carboxylic acids is 1. The van der Waals surface area contributed by atoms with Crippen LogP contribution in [-0.2, 0) is 4.79 Å². The third-order valence-electron chi connectivity index (χ3n) is 4.06. The lowest BCUT2D eigenvalue weighted by atomic mass is 9.86. The van der Waals surface area contributed by atoms with E-state index in [1.54, 1.807) is 18.2 Å². The topological polar surface area (TPSA) is 75.6 Å². The van der Waals surface area contributed by atoms with Crippen molar-refractivity contribution in [2.45, 2.75) is 45.1 Å². The molecule has 0 radical (unpaired) electrons. The second kappa shape index (κ2) is 8.20. The van der Waals surface area contributed by atoms with Crippen LogP contribution in [0.4, 0.5) is 0 Å². The summed E-state index contributed by atoms with van der Waals surface area (Å²) in [7, 11) is 0. The lowest BCUT2D eigenvalue weighted by Crippen LogP contribution is -2.38. The van der Waals surface area contributed by atoms with Crippen LogP contribution in [0, 0.1) is 5.92 Å². The molecule has 2 rings (SSSR count). The second-order valence-electron chi connectivity index (χ2n) is 5.85. The fraction of sp³-hybridized carbons (Fsp3) is 0.529. The summed E-state index contributed by atoms with van der Waals surface area (Å²) in [6.45, 7) is 2.53. The molecule has 0 heterocycles. The van der Waals surface area contributed by atoms with Crippen LogP contribution in [0.3, 0.4) is 0 Å². The summed E-state index contributed by atoms with van der Waals surface area (Å²) in [6, 6.07) is 5.00. The predicted molar refractivity (Wildman–Crippen MR) is 88.1 cm³/mol. The van der Waals surface area contributed by atoms with E-state index in [0.29, 0.717) is 48.6 Å². The molecule has 0 unspecified atom stereocenters.